The molecule has 6 heteroatoms. The third kappa shape index (κ3) is 4.82. The molecular formula is C23H26N2O3S. The van der Waals surface area contributed by atoms with Crippen LogP contribution in [0.5, 0.6) is 0 Å². The Balaban J connectivity index is 1.90. The van der Waals surface area contributed by atoms with Crippen molar-refractivity contribution in [2.24, 2.45) is 0 Å². The fourth-order valence-corrected chi connectivity index (χ4v) is 4.62. The Kier molecular flexibility index (Phi) is 6.64. The van der Waals surface area contributed by atoms with Crippen molar-refractivity contribution in [3.8, 4) is 0 Å². The van der Waals surface area contributed by atoms with Crippen LogP contribution in [-0.2, 0) is 21.0 Å². The van der Waals surface area contributed by atoms with Gasteiger partial charge in [-0.2, -0.15) is 11.8 Å². The third-order valence-corrected chi connectivity index (χ3v) is 6.11. The predicted molar refractivity (Wildman–Crippen MR) is 116 cm³/mol. The molecule has 0 bridgehead atoms. The van der Waals surface area contributed by atoms with Gasteiger partial charge in [0.2, 0.25) is 0 Å². The van der Waals surface area contributed by atoms with Crippen LogP contribution in [0.4, 0.5) is 4.79 Å². The molecule has 152 valence electrons. The number of thioether (sulfide) groups is 1. The minimum Gasteiger partial charge on any atom is -0.466 e. The first-order chi connectivity index (χ1) is 13.9. The van der Waals surface area contributed by atoms with Gasteiger partial charge in [0.15, 0.2) is 0 Å². The van der Waals surface area contributed by atoms with Crippen molar-refractivity contribution in [1.29, 1.82) is 0 Å². The average molecular weight is 411 g/mol. The number of nitrogens with one attached hydrogen (secondary N) is 2. The monoisotopic (exact) mass is 410 g/mol. The number of amides is 2. The molecule has 0 radical (unpaired) electrons. The van der Waals surface area contributed by atoms with E-state index >= 15 is 0 Å². The lowest BCUT2D eigenvalue weighted by molar-refractivity contribution is -0.136. The van der Waals surface area contributed by atoms with Crippen molar-refractivity contribution in [2.45, 2.75) is 38.3 Å². The van der Waals surface area contributed by atoms with E-state index in [1.54, 1.807) is 6.92 Å². The zero-order valence-electron chi connectivity index (χ0n) is 17.2. The van der Waals surface area contributed by atoms with Gasteiger partial charge in [0, 0.05) is 17.2 Å². The van der Waals surface area contributed by atoms with Crippen LogP contribution in [0.1, 0.15) is 40.8 Å². The zero-order chi connectivity index (χ0) is 21.0. The van der Waals surface area contributed by atoms with Crippen molar-refractivity contribution in [2.75, 3.05) is 7.11 Å². The van der Waals surface area contributed by atoms with Crippen LogP contribution < -0.4 is 10.6 Å². The second-order valence-electron chi connectivity index (χ2n) is 7.18. The number of urea groups is 1. The van der Waals surface area contributed by atoms with Crippen molar-refractivity contribution >= 4 is 23.8 Å². The molecule has 3 rings (SSSR count). The van der Waals surface area contributed by atoms with Crippen molar-refractivity contribution < 1.29 is 14.3 Å². The van der Waals surface area contributed by atoms with Crippen LogP contribution in [0.15, 0.2) is 53.7 Å². The first-order valence-electron chi connectivity index (χ1n) is 9.49. The number of esters is 1. The summed E-state index contributed by atoms with van der Waals surface area (Å²) in [4.78, 5) is 24.5. The highest BCUT2D eigenvalue weighted by Gasteiger charge is 2.33. The Hall–Kier alpha value is -2.73. The van der Waals surface area contributed by atoms with Crippen LogP contribution >= 0.6 is 11.8 Å². The molecule has 0 fully saturated rings. The summed E-state index contributed by atoms with van der Waals surface area (Å²) in [6.07, 6.45) is 0. The Morgan fingerprint density at radius 3 is 2.52 bits per heavy atom. The van der Waals surface area contributed by atoms with E-state index in [-0.39, 0.29) is 6.03 Å². The highest BCUT2D eigenvalue weighted by atomic mass is 32.2. The summed E-state index contributed by atoms with van der Waals surface area (Å²) in [5.41, 5.74) is 6.55. The van der Waals surface area contributed by atoms with Gasteiger partial charge in [-0.25, -0.2) is 9.59 Å². The molecule has 2 aromatic carbocycles. The van der Waals surface area contributed by atoms with Crippen LogP contribution in [0.2, 0.25) is 0 Å². The molecule has 1 atom stereocenters. The van der Waals surface area contributed by atoms with Gasteiger partial charge in [-0.3, -0.25) is 0 Å². The van der Waals surface area contributed by atoms with Crippen LogP contribution in [0, 0.1) is 13.8 Å². The molecule has 2 amide bonds. The highest BCUT2D eigenvalue weighted by Crippen LogP contribution is 2.33. The quantitative estimate of drug-likeness (QED) is 0.686. The molecule has 2 aromatic rings. The lowest BCUT2D eigenvalue weighted by Gasteiger charge is -2.29. The van der Waals surface area contributed by atoms with Gasteiger partial charge in [0.1, 0.15) is 0 Å². The summed E-state index contributed by atoms with van der Waals surface area (Å²) in [5, 5.41) is 5.56. The number of hydrogen-bond acceptors (Lipinski definition) is 4. The largest absolute Gasteiger partial charge is 0.466 e. The molecule has 0 aliphatic carbocycles. The normalized spacial score (nSPS) is 16.3. The molecular weight excluding hydrogens is 384 g/mol. The third-order valence-electron chi connectivity index (χ3n) is 5.05. The molecule has 0 aromatic heterocycles. The van der Waals surface area contributed by atoms with Gasteiger partial charge >= 0.3 is 12.0 Å². The standard InChI is InChI=1S/C23H26N2O3S/c1-14-10-18(13-29-12-17-8-6-5-7-9-17)15(2)19(11-14)21-20(22(26)28-4)16(3)24-23(27)25-21/h5-11,21H,12-13H2,1-4H3,(H2,24,25,27). The number of benzene rings is 2. The molecule has 1 aliphatic rings. The van der Waals surface area contributed by atoms with E-state index in [0.29, 0.717) is 11.3 Å². The summed E-state index contributed by atoms with van der Waals surface area (Å²) in [6, 6.07) is 13.7. The number of carbonyl (C=O) groups is 2. The van der Waals surface area contributed by atoms with Crippen LogP contribution in [0.3, 0.4) is 0 Å². The van der Waals surface area contributed by atoms with Crippen molar-refractivity contribution in [3.63, 3.8) is 0 Å². The van der Waals surface area contributed by atoms with Gasteiger partial charge < -0.3 is 15.4 Å². The van der Waals surface area contributed by atoms with E-state index in [2.05, 4.69) is 41.0 Å². The maximum Gasteiger partial charge on any atom is 0.337 e. The first kappa shape index (κ1) is 21.0. The molecule has 0 saturated carbocycles. The Bertz CT molecular complexity index is 954. The van der Waals surface area contributed by atoms with Gasteiger partial charge in [0.25, 0.3) is 0 Å². The van der Waals surface area contributed by atoms with E-state index in [4.69, 9.17) is 4.74 Å². The summed E-state index contributed by atoms with van der Waals surface area (Å²) in [5.74, 6) is 1.34. The molecule has 1 heterocycles. The lowest BCUT2D eigenvalue weighted by atomic mass is 9.89. The van der Waals surface area contributed by atoms with Gasteiger partial charge in [-0.05, 0) is 43.0 Å². The molecule has 29 heavy (non-hydrogen) atoms. The minimum absolute atomic E-state index is 0.318. The fourth-order valence-electron chi connectivity index (χ4n) is 3.57. The number of allylic oxidation sites excluding steroid dienone is 1. The summed E-state index contributed by atoms with van der Waals surface area (Å²) in [7, 11) is 1.35. The number of carbonyl (C=O) groups excluding carboxylic acids is 2. The van der Waals surface area contributed by atoms with E-state index in [0.717, 1.165) is 28.2 Å². The Labute approximate surface area is 175 Å². The first-order valence-corrected chi connectivity index (χ1v) is 10.6. The van der Waals surface area contributed by atoms with E-state index in [1.165, 1.54) is 18.2 Å². The number of methoxy groups -OCH3 is 1. The molecule has 0 spiro atoms. The smallest absolute Gasteiger partial charge is 0.337 e. The summed E-state index contributed by atoms with van der Waals surface area (Å²) >= 11 is 1.85. The van der Waals surface area contributed by atoms with Gasteiger partial charge in [-0.1, -0.05) is 48.0 Å². The van der Waals surface area contributed by atoms with Crippen molar-refractivity contribution in [3.05, 3.63) is 81.6 Å². The highest BCUT2D eigenvalue weighted by molar-refractivity contribution is 7.97. The molecule has 5 nitrogen and oxygen atoms in total. The lowest BCUT2D eigenvalue weighted by Crippen LogP contribution is -2.45. The van der Waals surface area contributed by atoms with E-state index in [9.17, 15) is 9.59 Å². The fraction of sp³-hybridized carbons (Fsp3) is 0.304. The van der Waals surface area contributed by atoms with Gasteiger partial charge in [0.05, 0.1) is 18.7 Å². The summed E-state index contributed by atoms with van der Waals surface area (Å²) in [6.45, 7) is 5.80. The predicted octanol–water partition coefficient (Wildman–Crippen LogP) is 4.54. The number of ether oxygens (including phenoxy) is 1. The number of aryl methyl sites for hydroxylation is 1. The van der Waals surface area contributed by atoms with Crippen molar-refractivity contribution in [1.82, 2.24) is 10.6 Å². The molecule has 1 unspecified atom stereocenters. The average Bonchev–Trinajstić information content (AvgIpc) is 2.70. The van der Waals surface area contributed by atoms with Gasteiger partial charge in [-0.15, -0.1) is 0 Å². The zero-order valence-corrected chi connectivity index (χ0v) is 18.0. The second kappa shape index (κ2) is 9.18. The van der Waals surface area contributed by atoms with Crippen LogP contribution in [-0.4, -0.2) is 19.1 Å². The van der Waals surface area contributed by atoms with E-state index in [1.807, 2.05) is 37.7 Å². The number of rotatable bonds is 6. The maximum atomic E-state index is 12.4. The Morgan fingerprint density at radius 1 is 1.10 bits per heavy atom. The Morgan fingerprint density at radius 2 is 1.83 bits per heavy atom. The van der Waals surface area contributed by atoms with E-state index < -0.39 is 12.0 Å². The topological polar surface area (TPSA) is 67.4 Å². The number of hydrogen-bond donors (Lipinski definition) is 2. The second-order valence-corrected chi connectivity index (χ2v) is 8.16. The maximum absolute atomic E-state index is 12.4. The summed E-state index contributed by atoms with van der Waals surface area (Å²) < 4.78 is 4.97. The molecule has 2 N–H and O–H groups in total. The molecule has 0 saturated heterocycles. The SMILES string of the molecule is COC(=O)C1=C(C)NC(=O)NC1c1cc(C)cc(CSCc2ccccc2)c1C. The van der Waals surface area contributed by atoms with Crippen LogP contribution in [0.25, 0.3) is 0 Å². The minimum atomic E-state index is -0.533. The molecule has 1 aliphatic heterocycles.